The fourth-order valence-corrected chi connectivity index (χ4v) is 1.88. The van der Waals surface area contributed by atoms with Crippen molar-refractivity contribution in [3.8, 4) is 0 Å². The van der Waals surface area contributed by atoms with Crippen LogP contribution in [-0.4, -0.2) is 17.7 Å². The molecule has 1 unspecified atom stereocenters. The first-order valence-electron chi connectivity index (χ1n) is 5.71. The Morgan fingerprint density at radius 1 is 1.41 bits per heavy atom. The lowest BCUT2D eigenvalue weighted by atomic mass is 9.94. The Bertz CT molecular complexity index is 480. The molecule has 1 atom stereocenters. The monoisotopic (exact) mass is 232 g/mol. The van der Waals surface area contributed by atoms with Crippen molar-refractivity contribution >= 4 is 17.4 Å². The molecule has 0 spiro atoms. The first-order valence-corrected chi connectivity index (χ1v) is 5.71. The highest BCUT2D eigenvalue weighted by Gasteiger charge is 2.22. The number of carbonyl (C=O) groups excluding carboxylic acids is 2. The maximum absolute atomic E-state index is 12.0. The smallest absolute Gasteiger partial charge is 0.228 e. The van der Waals surface area contributed by atoms with Crippen molar-refractivity contribution in [2.75, 3.05) is 5.32 Å². The summed E-state index contributed by atoms with van der Waals surface area (Å²) in [5.41, 5.74) is 8.09. The molecule has 1 amide bonds. The van der Waals surface area contributed by atoms with Crippen LogP contribution in [0.3, 0.4) is 0 Å². The van der Waals surface area contributed by atoms with Crippen LogP contribution in [-0.2, 0) is 11.2 Å². The van der Waals surface area contributed by atoms with Gasteiger partial charge in [0, 0.05) is 11.3 Å². The summed E-state index contributed by atoms with van der Waals surface area (Å²) in [4.78, 5) is 23.2. The molecule has 4 nitrogen and oxygen atoms in total. The molecule has 0 radical (unpaired) electrons. The highest BCUT2D eigenvalue weighted by molar-refractivity contribution is 6.03. The van der Waals surface area contributed by atoms with E-state index in [1.165, 1.54) is 0 Å². The maximum Gasteiger partial charge on any atom is 0.228 e. The number of anilines is 1. The summed E-state index contributed by atoms with van der Waals surface area (Å²) in [5.74, 6) is 0.00965. The van der Waals surface area contributed by atoms with Crippen LogP contribution in [0.15, 0.2) is 18.2 Å². The topological polar surface area (TPSA) is 72.2 Å². The molecule has 0 aromatic heterocycles. The van der Waals surface area contributed by atoms with E-state index in [2.05, 4.69) is 5.32 Å². The third-order valence-corrected chi connectivity index (χ3v) is 3.04. The number of fused-ring (bicyclic) bond motifs is 1. The summed E-state index contributed by atoms with van der Waals surface area (Å²) in [6.45, 7) is 3.84. The zero-order valence-corrected chi connectivity index (χ0v) is 9.99. The zero-order chi connectivity index (χ0) is 12.6. The van der Waals surface area contributed by atoms with E-state index in [1.54, 1.807) is 18.2 Å². The zero-order valence-electron chi connectivity index (χ0n) is 9.99. The molecular formula is C13H16N2O2. The van der Waals surface area contributed by atoms with Crippen molar-refractivity contribution in [2.45, 2.75) is 26.3 Å². The summed E-state index contributed by atoms with van der Waals surface area (Å²) >= 11 is 0. The average Bonchev–Trinajstić information content (AvgIpc) is 2.65. The van der Waals surface area contributed by atoms with Crippen molar-refractivity contribution in [2.24, 2.45) is 11.7 Å². The molecular weight excluding hydrogens is 216 g/mol. The Morgan fingerprint density at radius 3 is 2.76 bits per heavy atom. The molecule has 90 valence electrons. The van der Waals surface area contributed by atoms with Gasteiger partial charge in [-0.25, -0.2) is 0 Å². The van der Waals surface area contributed by atoms with Gasteiger partial charge < -0.3 is 11.1 Å². The Morgan fingerprint density at radius 2 is 2.12 bits per heavy atom. The Hall–Kier alpha value is -1.68. The highest BCUT2D eigenvalue weighted by atomic mass is 16.1. The SMILES string of the molecule is CC(C)C(N)C(=O)c1ccc2c(c1)CC(=O)N2. The minimum Gasteiger partial charge on any atom is -0.326 e. The molecule has 1 heterocycles. The van der Waals surface area contributed by atoms with E-state index in [4.69, 9.17) is 5.73 Å². The third-order valence-electron chi connectivity index (χ3n) is 3.04. The Kier molecular flexibility index (Phi) is 2.98. The summed E-state index contributed by atoms with van der Waals surface area (Å²) in [5, 5.41) is 2.73. The number of amides is 1. The quantitative estimate of drug-likeness (QED) is 0.773. The standard InChI is InChI=1S/C13H16N2O2/c1-7(2)12(14)13(17)8-3-4-10-9(5-8)6-11(16)15-10/h3-5,7,12H,6,14H2,1-2H3,(H,15,16). The predicted octanol–water partition coefficient (Wildman–Crippen LogP) is 1.35. The lowest BCUT2D eigenvalue weighted by Gasteiger charge is -2.14. The van der Waals surface area contributed by atoms with Crippen LogP contribution in [0.4, 0.5) is 5.69 Å². The van der Waals surface area contributed by atoms with E-state index >= 15 is 0 Å². The van der Waals surface area contributed by atoms with Gasteiger partial charge in [-0.2, -0.15) is 0 Å². The number of nitrogens with one attached hydrogen (secondary N) is 1. The van der Waals surface area contributed by atoms with E-state index in [9.17, 15) is 9.59 Å². The van der Waals surface area contributed by atoms with Gasteiger partial charge in [0.15, 0.2) is 5.78 Å². The average molecular weight is 232 g/mol. The van der Waals surface area contributed by atoms with Gasteiger partial charge in [-0.3, -0.25) is 9.59 Å². The van der Waals surface area contributed by atoms with Gasteiger partial charge in [0.1, 0.15) is 0 Å². The molecule has 0 fully saturated rings. The summed E-state index contributed by atoms with van der Waals surface area (Å²) in [6, 6.07) is 4.76. The molecule has 0 aliphatic carbocycles. The Balaban J connectivity index is 2.27. The van der Waals surface area contributed by atoms with Crippen LogP contribution >= 0.6 is 0 Å². The molecule has 1 aromatic rings. The lowest BCUT2D eigenvalue weighted by molar-refractivity contribution is -0.115. The van der Waals surface area contributed by atoms with Crippen LogP contribution in [0.25, 0.3) is 0 Å². The van der Waals surface area contributed by atoms with Crippen molar-refractivity contribution in [1.29, 1.82) is 0 Å². The third kappa shape index (κ3) is 2.22. The van der Waals surface area contributed by atoms with Gasteiger partial charge in [-0.1, -0.05) is 13.8 Å². The number of rotatable bonds is 3. The van der Waals surface area contributed by atoms with Crippen molar-refractivity contribution in [1.82, 2.24) is 0 Å². The van der Waals surface area contributed by atoms with Gasteiger partial charge in [0.2, 0.25) is 5.91 Å². The number of hydrogen-bond acceptors (Lipinski definition) is 3. The van der Waals surface area contributed by atoms with Crippen LogP contribution in [0.1, 0.15) is 29.8 Å². The van der Waals surface area contributed by atoms with Crippen molar-refractivity contribution in [3.63, 3.8) is 0 Å². The summed E-state index contributed by atoms with van der Waals surface area (Å²) in [7, 11) is 0. The Labute approximate surface area is 100 Å². The molecule has 0 saturated carbocycles. The molecule has 1 aliphatic heterocycles. The first kappa shape index (κ1) is 11.8. The number of Topliss-reactive ketones (excluding diaryl/α,β-unsaturated/α-hetero) is 1. The second-order valence-electron chi connectivity index (χ2n) is 4.73. The highest BCUT2D eigenvalue weighted by Crippen LogP contribution is 2.24. The van der Waals surface area contributed by atoms with Crippen LogP contribution in [0, 0.1) is 5.92 Å². The number of benzene rings is 1. The van der Waals surface area contributed by atoms with E-state index in [-0.39, 0.29) is 17.6 Å². The van der Waals surface area contributed by atoms with E-state index < -0.39 is 6.04 Å². The van der Waals surface area contributed by atoms with Crippen LogP contribution < -0.4 is 11.1 Å². The van der Waals surface area contributed by atoms with E-state index in [1.807, 2.05) is 13.8 Å². The second-order valence-corrected chi connectivity index (χ2v) is 4.73. The number of nitrogens with two attached hydrogens (primary N) is 1. The normalized spacial score (nSPS) is 15.6. The van der Waals surface area contributed by atoms with E-state index in [0.717, 1.165) is 11.3 Å². The van der Waals surface area contributed by atoms with Gasteiger partial charge in [0.05, 0.1) is 12.5 Å². The number of carbonyl (C=O) groups is 2. The van der Waals surface area contributed by atoms with Gasteiger partial charge in [-0.05, 0) is 29.7 Å². The van der Waals surface area contributed by atoms with Crippen LogP contribution in [0.2, 0.25) is 0 Å². The van der Waals surface area contributed by atoms with E-state index in [0.29, 0.717) is 12.0 Å². The molecule has 0 saturated heterocycles. The van der Waals surface area contributed by atoms with Gasteiger partial charge in [0.25, 0.3) is 0 Å². The van der Waals surface area contributed by atoms with Crippen molar-refractivity contribution in [3.05, 3.63) is 29.3 Å². The molecule has 17 heavy (non-hydrogen) atoms. The van der Waals surface area contributed by atoms with Gasteiger partial charge >= 0.3 is 0 Å². The summed E-state index contributed by atoms with van der Waals surface area (Å²) < 4.78 is 0. The summed E-state index contributed by atoms with van der Waals surface area (Å²) in [6.07, 6.45) is 0.341. The molecule has 0 bridgehead atoms. The fourth-order valence-electron chi connectivity index (χ4n) is 1.88. The first-order chi connectivity index (χ1) is 7.99. The minimum atomic E-state index is -0.488. The number of ketones is 1. The molecule has 4 heteroatoms. The fraction of sp³-hybridized carbons (Fsp3) is 0.385. The molecule has 2 rings (SSSR count). The number of hydrogen-bond donors (Lipinski definition) is 2. The minimum absolute atomic E-state index is 0.0299. The second kappa shape index (κ2) is 4.30. The van der Waals surface area contributed by atoms with Crippen molar-refractivity contribution < 1.29 is 9.59 Å². The molecule has 1 aliphatic rings. The molecule has 3 N–H and O–H groups in total. The predicted molar refractivity (Wildman–Crippen MR) is 65.9 cm³/mol. The molecule has 1 aromatic carbocycles. The van der Waals surface area contributed by atoms with Gasteiger partial charge in [-0.15, -0.1) is 0 Å². The lowest BCUT2D eigenvalue weighted by Crippen LogP contribution is -2.35. The maximum atomic E-state index is 12.0. The van der Waals surface area contributed by atoms with Crippen LogP contribution in [0.5, 0.6) is 0 Å². The largest absolute Gasteiger partial charge is 0.326 e.